The van der Waals surface area contributed by atoms with Crippen LogP contribution in [-0.4, -0.2) is 23.1 Å². The molecule has 1 heterocycles. The van der Waals surface area contributed by atoms with E-state index in [0.29, 0.717) is 12.4 Å². The summed E-state index contributed by atoms with van der Waals surface area (Å²) in [6.45, 7) is 5.56. The summed E-state index contributed by atoms with van der Waals surface area (Å²) >= 11 is 5.64. The Morgan fingerprint density at radius 2 is 2.20 bits per heavy atom. The summed E-state index contributed by atoms with van der Waals surface area (Å²) in [5.41, 5.74) is 0. The van der Waals surface area contributed by atoms with Crippen LogP contribution >= 0.6 is 11.6 Å². The van der Waals surface area contributed by atoms with Crippen molar-refractivity contribution in [3.8, 4) is 0 Å². The predicted octanol–water partition coefficient (Wildman–Crippen LogP) is 2.90. The van der Waals surface area contributed by atoms with Crippen LogP contribution in [0.15, 0.2) is 6.20 Å². The van der Waals surface area contributed by atoms with E-state index in [4.69, 9.17) is 11.6 Å². The second-order valence-electron chi connectivity index (χ2n) is 3.24. The SMILES string of the molecule is CCCCN(CC)c1nc(Cl)ncc1F. The van der Waals surface area contributed by atoms with Gasteiger partial charge in [-0.2, -0.15) is 4.98 Å². The lowest BCUT2D eigenvalue weighted by atomic mass is 10.3. The highest BCUT2D eigenvalue weighted by atomic mass is 35.5. The first-order valence-electron chi connectivity index (χ1n) is 5.12. The van der Waals surface area contributed by atoms with Gasteiger partial charge in [-0.3, -0.25) is 0 Å². The van der Waals surface area contributed by atoms with Crippen molar-refractivity contribution in [2.45, 2.75) is 26.7 Å². The van der Waals surface area contributed by atoms with Gasteiger partial charge in [0.15, 0.2) is 11.6 Å². The fourth-order valence-electron chi connectivity index (χ4n) is 1.32. The second-order valence-corrected chi connectivity index (χ2v) is 3.58. The zero-order valence-electron chi connectivity index (χ0n) is 9.00. The van der Waals surface area contributed by atoms with Gasteiger partial charge >= 0.3 is 0 Å². The zero-order chi connectivity index (χ0) is 11.3. The van der Waals surface area contributed by atoms with Crippen LogP contribution in [0, 0.1) is 5.82 Å². The molecule has 0 N–H and O–H groups in total. The standard InChI is InChI=1S/C10H15ClFN3/c1-3-5-6-15(4-2)9-8(12)7-13-10(11)14-9/h7H,3-6H2,1-2H3. The van der Waals surface area contributed by atoms with E-state index in [1.807, 2.05) is 11.8 Å². The molecule has 0 radical (unpaired) electrons. The molecular formula is C10H15ClFN3. The third-order valence-corrected chi connectivity index (χ3v) is 2.34. The first-order valence-corrected chi connectivity index (χ1v) is 5.49. The quantitative estimate of drug-likeness (QED) is 0.730. The fourth-order valence-corrected chi connectivity index (χ4v) is 1.45. The Labute approximate surface area is 94.3 Å². The Morgan fingerprint density at radius 3 is 2.80 bits per heavy atom. The monoisotopic (exact) mass is 231 g/mol. The minimum absolute atomic E-state index is 0.0846. The van der Waals surface area contributed by atoms with Gasteiger partial charge < -0.3 is 4.90 Å². The molecule has 0 bridgehead atoms. The van der Waals surface area contributed by atoms with Crippen molar-refractivity contribution in [3.63, 3.8) is 0 Å². The van der Waals surface area contributed by atoms with Crippen LogP contribution in [0.1, 0.15) is 26.7 Å². The number of anilines is 1. The summed E-state index contributed by atoms with van der Waals surface area (Å²) in [4.78, 5) is 9.36. The van der Waals surface area contributed by atoms with Gasteiger partial charge in [-0.05, 0) is 24.9 Å². The lowest BCUT2D eigenvalue weighted by Gasteiger charge is -2.21. The molecule has 1 aromatic heterocycles. The Hall–Kier alpha value is -0.900. The maximum absolute atomic E-state index is 13.4. The van der Waals surface area contributed by atoms with Crippen molar-refractivity contribution in [1.29, 1.82) is 0 Å². The van der Waals surface area contributed by atoms with Gasteiger partial charge in [-0.25, -0.2) is 9.37 Å². The Bertz CT molecular complexity index is 320. The summed E-state index contributed by atoms with van der Waals surface area (Å²) in [5, 5.41) is 0.0846. The minimum atomic E-state index is -0.419. The molecule has 0 fully saturated rings. The lowest BCUT2D eigenvalue weighted by molar-refractivity contribution is 0.598. The molecule has 84 valence electrons. The van der Waals surface area contributed by atoms with E-state index in [1.165, 1.54) is 0 Å². The molecule has 0 aliphatic rings. The molecule has 0 spiro atoms. The molecule has 1 aromatic rings. The molecule has 0 aliphatic heterocycles. The first-order chi connectivity index (χ1) is 7.19. The molecule has 1 rings (SSSR count). The third-order valence-electron chi connectivity index (χ3n) is 2.16. The van der Waals surface area contributed by atoms with Crippen molar-refractivity contribution >= 4 is 17.4 Å². The highest BCUT2D eigenvalue weighted by Gasteiger charge is 2.12. The normalized spacial score (nSPS) is 10.4. The van der Waals surface area contributed by atoms with Gasteiger partial charge in [-0.1, -0.05) is 13.3 Å². The average molecular weight is 232 g/mol. The van der Waals surface area contributed by atoms with Crippen LogP contribution in [0.3, 0.4) is 0 Å². The van der Waals surface area contributed by atoms with Crippen LogP contribution in [0.2, 0.25) is 5.28 Å². The van der Waals surface area contributed by atoms with Gasteiger partial charge in [-0.15, -0.1) is 0 Å². The maximum atomic E-state index is 13.4. The van der Waals surface area contributed by atoms with E-state index in [2.05, 4.69) is 16.9 Å². The van der Waals surface area contributed by atoms with Gasteiger partial charge in [0.2, 0.25) is 5.28 Å². The molecule has 0 amide bonds. The fraction of sp³-hybridized carbons (Fsp3) is 0.600. The molecular weight excluding hydrogens is 217 g/mol. The average Bonchev–Trinajstić information content (AvgIpc) is 2.24. The molecule has 0 aromatic carbocycles. The van der Waals surface area contributed by atoms with Crippen molar-refractivity contribution in [2.75, 3.05) is 18.0 Å². The second kappa shape index (κ2) is 5.85. The van der Waals surface area contributed by atoms with Crippen molar-refractivity contribution in [3.05, 3.63) is 17.3 Å². The summed E-state index contributed by atoms with van der Waals surface area (Å²) in [5.74, 6) is -0.122. The summed E-state index contributed by atoms with van der Waals surface area (Å²) in [6, 6.07) is 0. The van der Waals surface area contributed by atoms with Crippen molar-refractivity contribution in [2.24, 2.45) is 0 Å². The lowest BCUT2D eigenvalue weighted by Crippen LogP contribution is -2.26. The molecule has 5 heteroatoms. The van der Waals surface area contributed by atoms with E-state index in [1.54, 1.807) is 0 Å². The molecule has 0 saturated carbocycles. The summed E-state index contributed by atoms with van der Waals surface area (Å²) < 4.78 is 13.4. The number of hydrogen-bond acceptors (Lipinski definition) is 3. The Morgan fingerprint density at radius 1 is 1.47 bits per heavy atom. The molecule has 0 saturated heterocycles. The number of hydrogen-bond donors (Lipinski definition) is 0. The number of aromatic nitrogens is 2. The molecule has 0 atom stereocenters. The van der Waals surface area contributed by atoms with Gasteiger partial charge in [0.05, 0.1) is 6.20 Å². The number of nitrogens with zero attached hydrogens (tertiary/aromatic N) is 3. The van der Waals surface area contributed by atoms with Gasteiger partial charge in [0.25, 0.3) is 0 Å². The van der Waals surface area contributed by atoms with Crippen molar-refractivity contribution < 1.29 is 4.39 Å². The zero-order valence-corrected chi connectivity index (χ0v) is 9.76. The third kappa shape index (κ3) is 3.30. The smallest absolute Gasteiger partial charge is 0.224 e. The minimum Gasteiger partial charge on any atom is -0.354 e. The van der Waals surface area contributed by atoms with E-state index < -0.39 is 5.82 Å². The number of unbranched alkanes of at least 4 members (excludes halogenated alkanes) is 1. The number of halogens is 2. The Balaban J connectivity index is 2.85. The first kappa shape index (κ1) is 12.2. The van der Waals surface area contributed by atoms with Crippen LogP contribution in [0.5, 0.6) is 0 Å². The van der Waals surface area contributed by atoms with Crippen LogP contribution in [0.4, 0.5) is 10.2 Å². The Kier molecular flexibility index (Phi) is 4.75. The number of rotatable bonds is 5. The van der Waals surface area contributed by atoms with Crippen LogP contribution in [0.25, 0.3) is 0 Å². The topological polar surface area (TPSA) is 29.0 Å². The molecule has 15 heavy (non-hydrogen) atoms. The van der Waals surface area contributed by atoms with Crippen LogP contribution < -0.4 is 4.90 Å². The summed E-state index contributed by atoms with van der Waals surface area (Å²) in [6.07, 6.45) is 3.19. The van der Waals surface area contributed by atoms with E-state index >= 15 is 0 Å². The van der Waals surface area contributed by atoms with E-state index in [-0.39, 0.29) is 5.28 Å². The van der Waals surface area contributed by atoms with Gasteiger partial charge in [0.1, 0.15) is 0 Å². The molecule has 0 unspecified atom stereocenters. The predicted molar refractivity (Wildman–Crippen MR) is 59.8 cm³/mol. The van der Waals surface area contributed by atoms with E-state index in [9.17, 15) is 4.39 Å². The highest BCUT2D eigenvalue weighted by molar-refractivity contribution is 6.28. The van der Waals surface area contributed by atoms with Crippen LogP contribution in [-0.2, 0) is 0 Å². The molecule has 0 aliphatic carbocycles. The van der Waals surface area contributed by atoms with E-state index in [0.717, 1.165) is 25.6 Å². The largest absolute Gasteiger partial charge is 0.354 e. The summed E-state index contributed by atoms with van der Waals surface area (Å²) in [7, 11) is 0. The van der Waals surface area contributed by atoms with Crippen molar-refractivity contribution in [1.82, 2.24) is 9.97 Å². The molecule has 3 nitrogen and oxygen atoms in total. The highest BCUT2D eigenvalue weighted by Crippen LogP contribution is 2.17. The van der Waals surface area contributed by atoms with Gasteiger partial charge in [0, 0.05) is 13.1 Å². The maximum Gasteiger partial charge on any atom is 0.224 e.